The Morgan fingerprint density at radius 2 is 1.96 bits per heavy atom. The number of pyridine rings is 1. The quantitative estimate of drug-likeness (QED) is 0.847. The van der Waals surface area contributed by atoms with Gasteiger partial charge in [0.1, 0.15) is 5.75 Å². The van der Waals surface area contributed by atoms with Crippen LogP contribution in [0.1, 0.15) is 25.5 Å². The molecule has 0 spiro atoms. The smallest absolute Gasteiger partial charge is 0.238 e. The SMILES string of the molecule is COc1ccc(NC(=O)CN(C)C(c2cccnc2)C(C)C)cc1. The highest BCUT2D eigenvalue weighted by Gasteiger charge is 2.22. The van der Waals surface area contributed by atoms with Crippen LogP contribution in [-0.4, -0.2) is 36.5 Å². The Morgan fingerprint density at radius 1 is 1.25 bits per heavy atom. The first-order valence-electron chi connectivity index (χ1n) is 8.05. The van der Waals surface area contributed by atoms with Crippen molar-refractivity contribution in [3.8, 4) is 5.75 Å². The van der Waals surface area contributed by atoms with E-state index in [0.717, 1.165) is 17.0 Å². The van der Waals surface area contributed by atoms with Crippen molar-refractivity contribution in [1.29, 1.82) is 0 Å². The lowest BCUT2D eigenvalue weighted by Crippen LogP contribution is -2.35. The minimum absolute atomic E-state index is 0.0443. The van der Waals surface area contributed by atoms with Crippen molar-refractivity contribution < 1.29 is 9.53 Å². The van der Waals surface area contributed by atoms with E-state index in [9.17, 15) is 4.79 Å². The monoisotopic (exact) mass is 327 g/mol. The van der Waals surface area contributed by atoms with Gasteiger partial charge in [0.15, 0.2) is 0 Å². The standard InChI is InChI=1S/C19H25N3O2/c1-14(2)19(15-6-5-11-20-12-15)22(3)13-18(23)21-16-7-9-17(24-4)10-8-16/h5-12,14,19H,13H2,1-4H3,(H,21,23). The average Bonchev–Trinajstić information content (AvgIpc) is 2.56. The lowest BCUT2D eigenvalue weighted by molar-refractivity contribution is -0.117. The van der Waals surface area contributed by atoms with Crippen LogP contribution < -0.4 is 10.1 Å². The van der Waals surface area contributed by atoms with Gasteiger partial charge < -0.3 is 10.1 Å². The van der Waals surface area contributed by atoms with Crippen LogP contribution in [-0.2, 0) is 4.79 Å². The maximum absolute atomic E-state index is 12.3. The highest BCUT2D eigenvalue weighted by Crippen LogP contribution is 2.26. The van der Waals surface area contributed by atoms with Crippen LogP contribution in [0.4, 0.5) is 5.69 Å². The Morgan fingerprint density at radius 3 is 2.50 bits per heavy atom. The molecule has 0 radical (unpaired) electrons. The molecule has 2 aromatic rings. The number of nitrogens with one attached hydrogen (secondary N) is 1. The Balaban J connectivity index is 2.00. The second kappa shape index (κ2) is 8.45. The second-order valence-electron chi connectivity index (χ2n) is 6.17. The van der Waals surface area contributed by atoms with Crippen LogP contribution in [0.2, 0.25) is 0 Å². The molecule has 1 atom stereocenters. The lowest BCUT2D eigenvalue weighted by atomic mass is 9.96. The summed E-state index contributed by atoms with van der Waals surface area (Å²) in [7, 11) is 3.58. The van der Waals surface area contributed by atoms with Gasteiger partial charge in [0, 0.05) is 24.1 Å². The van der Waals surface area contributed by atoms with Gasteiger partial charge in [0.2, 0.25) is 5.91 Å². The maximum atomic E-state index is 12.3. The van der Waals surface area contributed by atoms with Crippen LogP contribution in [0.3, 0.4) is 0 Å². The van der Waals surface area contributed by atoms with Crippen LogP contribution in [0, 0.1) is 5.92 Å². The van der Waals surface area contributed by atoms with E-state index < -0.39 is 0 Å². The van der Waals surface area contributed by atoms with Gasteiger partial charge in [-0.05, 0) is 48.9 Å². The molecule has 0 saturated carbocycles. The number of anilines is 1. The highest BCUT2D eigenvalue weighted by atomic mass is 16.5. The zero-order chi connectivity index (χ0) is 17.5. The summed E-state index contributed by atoms with van der Waals surface area (Å²) in [5, 5.41) is 2.92. The van der Waals surface area contributed by atoms with E-state index in [1.54, 1.807) is 13.3 Å². The summed E-state index contributed by atoms with van der Waals surface area (Å²) < 4.78 is 5.12. The van der Waals surface area contributed by atoms with Gasteiger partial charge in [-0.25, -0.2) is 0 Å². The van der Waals surface area contributed by atoms with Crippen molar-refractivity contribution in [2.24, 2.45) is 5.92 Å². The molecule has 1 N–H and O–H groups in total. The minimum Gasteiger partial charge on any atom is -0.497 e. The summed E-state index contributed by atoms with van der Waals surface area (Å²) in [5.41, 5.74) is 1.88. The molecule has 1 heterocycles. The fraction of sp³-hybridized carbons (Fsp3) is 0.368. The first-order chi connectivity index (χ1) is 11.5. The summed E-state index contributed by atoms with van der Waals surface area (Å²) in [5.74, 6) is 1.09. The van der Waals surface area contributed by atoms with E-state index in [-0.39, 0.29) is 11.9 Å². The Bertz CT molecular complexity index is 641. The molecule has 0 aliphatic rings. The molecular formula is C19H25N3O2. The van der Waals surface area contributed by atoms with Crippen molar-refractivity contribution in [3.05, 3.63) is 54.4 Å². The van der Waals surface area contributed by atoms with Crippen LogP contribution in [0.5, 0.6) is 5.75 Å². The number of ether oxygens (including phenoxy) is 1. The zero-order valence-corrected chi connectivity index (χ0v) is 14.7. The molecule has 24 heavy (non-hydrogen) atoms. The van der Waals surface area contributed by atoms with Gasteiger partial charge in [0.25, 0.3) is 0 Å². The van der Waals surface area contributed by atoms with Gasteiger partial charge >= 0.3 is 0 Å². The largest absolute Gasteiger partial charge is 0.497 e. The van der Waals surface area contributed by atoms with E-state index >= 15 is 0 Å². The fourth-order valence-corrected chi connectivity index (χ4v) is 2.90. The number of carbonyl (C=O) groups excluding carboxylic acids is 1. The number of hydrogen-bond donors (Lipinski definition) is 1. The summed E-state index contributed by atoms with van der Waals surface area (Å²) in [6.45, 7) is 4.61. The first kappa shape index (κ1) is 17.9. The van der Waals surface area contributed by atoms with E-state index in [1.165, 1.54) is 0 Å². The van der Waals surface area contributed by atoms with Crippen LogP contribution in [0.15, 0.2) is 48.8 Å². The van der Waals surface area contributed by atoms with Gasteiger partial charge in [-0.1, -0.05) is 19.9 Å². The van der Waals surface area contributed by atoms with Crippen molar-refractivity contribution in [2.45, 2.75) is 19.9 Å². The number of rotatable bonds is 7. The topological polar surface area (TPSA) is 54.5 Å². The predicted octanol–water partition coefficient (Wildman–Crippen LogP) is 3.36. The molecule has 1 aromatic heterocycles. The van der Waals surface area contributed by atoms with Crippen LogP contribution >= 0.6 is 0 Å². The lowest BCUT2D eigenvalue weighted by Gasteiger charge is -2.30. The molecule has 0 aliphatic heterocycles. The molecule has 128 valence electrons. The van der Waals surface area contributed by atoms with E-state index in [0.29, 0.717) is 12.5 Å². The number of carbonyl (C=O) groups is 1. The van der Waals surface area contributed by atoms with Crippen molar-refractivity contribution in [2.75, 3.05) is 26.0 Å². The summed E-state index contributed by atoms with van der Waals surface area (Å²) in [4.78, 5) is 18.6. The van der Waals surface area contributed by atoms with Gasteiger partial charge in [-0.3, -0.25) is 14.7 Å². The second-order valence-corrected chi connectivity index (χ2v) is 6.17. The van der Waals surface area contributed by atoms with Gasteiger partial charge in [0.05, 0.1) is 13.7 Å². The van der Waals surface area contributed by atoms with Crippen molar-refractivity contribution in [3.63, 3.8) is 0 Å². The highest BCUT2D eigenvalue weighted by molar-refractivity contribution is 5.92. The molecule has 1 amide bonds. The van der Waals surface area contributed by atoms with Gasteiger partial charge in [-0.15, -0.1) is 0 Å². The van der Waals surface area contributed by atoms with E-state index in [2.05, 4.69) is 35.1 Å². The summed E-state index contributed by atoms with van der Waals surface area (Å²) in [6, 6.07) is 11.4. The third kappa shape index (κ3) is 4.80. The molecule has 5 heteroatoms. The number of amides is 1. The molecule has 1 aromatic carbocycles. The Hall–Kier alpha value is -2.40. The molecule has 0 fully saturated rings. The number of nitrogens with zero attached hydrogens (tertiary/aromatic N) is 2. The molecule has 0 aliphatic carbocycles. The first-order valence-corrected chi connectivity index (χ1v) is 8.05. The third-order valence-corrected chi connectivity index (χ3v) is 3.90. The normalized spacial score (nSPS) is 12.2. The average molecular weight is 327 g/mol. The zero-order valence-electron chi connectivity index (χ0n) is 14.7. The number of aromatic nitrogens is 1. The minimum atomic E-state index is -0.0443. The number of benzene rings is 1. The third-order valence-electron chi connectivity index (χ3n) is 3.90. The molecule has 5 nitrogen and oxygen atoms in total. The predicted molar refractivity (Wildman–Crippen MR) is 96.1 cm³/mol. The molecule has 2 rings (SSSR count). The molecule has 0 saturated heterocycles. The Labute approximate surface area is 143 Å². The number of methoxy groups -OCH3 is 1. The summed E-state index contributed by atoms with van der Waals surface area (Å²) >= 11 is 0. The number of hydrogen-bond acceptors (Lipinski definition) is 4. The molecule has 0 bridgehead atoms. The van der Waals surface area contributed by atoms with E-state index in [1.807, 2.05) is 43.6 Å². The summed E-state index contributed by atoms with van der Waals surface area (Å²) in [6.07, 6.45) is 3.62. The molecule has 1 unspecified atom stereocenters. The Kier molecular flexibility index (Phi) is 6.32. The van der Waals surface area contributed by atoms with Crippen molar-refractivity contribution in [1.82, 2.24) is 9.88 Å². The molecular weight excluding hydrogens is 302 g/mol. The van der Waals surface area contributed by atoms with Gasteiger partial charge in [-0.2, -0.15) is 0 Å². The van der Waals surface area contributed by atoms with E-state index in [4.69, 9.17) is 4.74 Å². The maximum Gasteiger partial charge on any atom is 0.238 e. The van der Waals surface area contributed by atoms with Crippen molar-refractivity contribution >= 4 is 11.6 Å². The fourth-order valence-electron chi connectivity index (χ4n) is 2.90. The van der Waals surface area contributed by atoms with Crippen LogP contribution in [0.25, 0.3) is 0 Å². The number of likely N-dealkylation sites (N-methyl/N-ethyl adjacent to an activating group) is 1.